The Hall–Kier alpha value is 0.568. The molecule has 0 aromatic carbocycles. The van der Waals surface area contributed by atoms with Gasteiger partial charge in [0.05, 0.1) is 0 Å². The summed E-state index contributed by atoms with van der Waals surface area (Å²) in [4.78, 5) is 3.19. The fourth-order valence-corrected chi connectivity index (χ4v) is 104. The largest absolute Gasteiger partial charge is 0.146 e. The van der Waals surface area contributed by atoms with Crippen molar-refractivity contribution in [1.29, 1.82) is 0 Å². The summed E-state index contributed by atoms with van der Waals surface area (Å²) in [7, 11) is -3.34. The highest BCUT2D eigenvalue weighted by atomic mass is 32.1. The van der Waals surface area contributed by atoms with Gasteiger partial charge in [-0.1, -0.05) is 58.9 Å². The van der Waals surface area contributed by atoms with Gasteiger partial charge < -0.3 is 0 Å². The van der Waals surface area contributed by atoms with Crippen LogP contribution < -0.4 is 0 Å². The maximum absolute atomic E-state index is 2.69. The van der Waals surface area contributed by atoms with Crippen LogP contribution in [-0.4, -0.2) is 29.4 Å². The van der Waals surface area contributed by atoms with E-state index in [0.717, 1.165) is 0 Å². The van der Waals surface area contributed by atoms with Crippen molar-refractivity contribution in [2.75, 3.05) is 0 Å². The van der Waals surface area contributed by atoms with E-state index in [2.05, 4.69) is 89.3 Å². The van der Waals surface area contributed by atoms with Crippen molar-refractivity contribution in [3.05, 3.63) is 21.9 Å². The van der Waals surface area contributed by atoms with Crippen LogP contribution in [-0.2, 0) is 6.04 Å². The van der Waals surface area contributed by atoms with Crippen LogP contribution in [0.4, 0.5) is 0 Å². The normalized spacial score (nSPS) is 14.7. The van der Waals surface area contributed by atoms with Crippen LogP contribution in [0.25, 0.3) is 0 Å². The second-order valence-corrected chi connectivity index (χ2v) is 52.1. The lowest BCUT2D eigenvalue weighted by molar-refractivity contribution is 1.45. The predicted octanol–water partition coefficient (Wildman–Crippen LogP) is 5.84. The molecule has 20 heavy (non-hydrogen) atoms. The summed E-state index contributed by atoms with van der Waals surface area (Å²) in [6, 6.07) is 6.26. The van der Waals surface area contributed by atoms with E-state index in [4.69, 9.17) is 0 Å². The Morgan fingerprint density at radius 3 is 1.40 bits per heavy atom. The molecule has 1 aromatic rings. The molecule has 116 valence electrons. The van der Waals surface area contributed by atoms with Crippen LogP contribution in [0, 0.1) is 6.92 Å². The highest BCUT2D eigenvalue weighted by molar-refractivity contribution is 7.89. The lowest BCUT2D eigenvalue weighted by atomic mass is 10.5. The SMILES string of the molecule is Cc1ccc(C[Si]([Si](C)(C)C)([Si](C)(C)C)[Si](C)(C)C)s1. The molecule has 1 rings (SSSR count). The Kier molecular flexibility index (Phi) is 5.25. The molecule has 0 atom stereocenters. The smallest absolute Gasteiger partial charge is 0.0430 e. The molecule has 0 saturated heterocycles. The number of aryl methyl sites for hydroxylation is 1. The average molecular weight is 359 g/mol. The molecule has 0 aliphatic heterocycles. The lowest BCUT2D eigenvalue weighted by Gasteiger charge is -2.57. The molecule has 1 heterocycles. The van der Waals surface area contributed by atoms with Crippen molar-refractivity contribution in [2.45, 2.75) is 71.9 Å². The van der Waals surface area contributed by atoms with Gasteiger partial charge in [0.2, 0.25) is 0 Å². The van der Waals surface area contributed by atoms with Crippen LogP contribution in [0.3, 0.4) is 0 Å². The van der Waals surface area contributed by atoms with Crippen molar-refractivity contribution < 1.29 is 0 Å². The molecular weight excluding hydrogens is 325 g/mol. The predicted molar refractivity (Wildman–Crippen MR) is 109 cm³/mol. The summed E-state index contributed by atoms with van der Waals surface area (Å²) in [6.07, 6.45) is 0. The molecule has 0 aliphatic rings. The van der Waals surface area contributed by atoms with Gasteiger partial charge in [0.25, 0.3) is 0 Å². The van der Waals surface area contributed by atoms with E-state index < -0.39 is 29.4 Å². The second-order valence-electron chi connectivity index (χ2n) is 9.34. The van der Waals surface area contributed by atoms with Crippen LogP contribution in [0.2, 0.25) is 58.9 Å². The molecule has 0 N–H and O–H groups in total. The van der Waals surface area contributed by atoms with Crippen molar-refractivity contribution in [3.8, 4) is 0 Å². The highest BCUT2D eigenvalue weighted by Gasteiger charge is 2.61. The molecule has 0 amide bonds. The summed E-state index contributed by atoms with van der Waals surface area (Å²) in [5.74, 6) is 0. The molecule has 0 spiro atoms. The van der Waals surface area contributed by atoms with Gasteiger partial charge in [0, 0.05) is 39.2 Å². The maximum atomic E-state index is 2.69. The van der Waals surface area contributed by atoms with Crippen molar-refractivity contribution in [2.24, 2.45) is 0 Å². The quantitative estimate of drug-likeness (QED) is 0.580. The number of thiophene rings is 1. The third-order valence-electron chi connectivity index (χ3n) is 5.08. The molecule has 0 unspecified atom stereocenters. The zero-order valence-corrected chi connectivity index (χ0v) is 20.1. The van der Waals surface area contributed by atoms with E-state index in [9.17, 15) is 0 Å². The van der Waals surface area contributed by atoms with Gasteiger partial charge in [-0.2, -0.15) is 0 Å². The molecule has 0 saturated carbocycles. The molecular formula is C15H34SSi4. The zero-order valence-electron chi connectivity index (χ0n) is 15.3. The minimum Gasteiger partial charge on any atom is -0.146 e. The molecule has 1 aromatic heterocycles. The van der Waals surface area contributed by atoms with E-state index >= 15 is 0 Å². The average Bonchev–Trinajstić information content (AvgIpc) is 2.54. The van der Waals surface area contributed by atoms with E-state index in [1.807, 2.05) is 0 Å². The maximum Gasteiger partial charge on any atom is 0.0430 e. The van der Waals surface area contributed by atoms with Crippen LogP contribution in [0.5, 0.6) is 0 Å². The second kappa shape index (κ2) is 5.65. The first kappa shape index (κ1) is 18.6. The minimum atomic E-state index is -1.20. The summed E-state index contributed by atoms with van der Waals surface area (Å²) in [5, 5.41) is 0. The van der Waals surface area contributed by atoms with E-state index in [1.54, 1.807) is 4.88 Å². The van der Waals surface area contributed by atoms with E-state index in [-0.39, 0.29) is 0 Å². The fourth-order valence-electron chi connectivity index (χ4n) is 5.01. The first-order chi connectivity index (χ1) is 8.72. The molecule has 0 radical (unpaired) electrons. The Morgan fingerprint density at radius 2 is 1.15 bits per heavy atom. The number of rotatable bonds is 5. The third-order valence-corrected chi connectivity index (χ3v) is 80.1. The summed E-state index contributed by atoms with van der Waals surface area (Å²) < 4.78 is 0. The number of hydrogen-bond acceptors (Lipinski definition) is 1. The molecule has 0 bridgehead atoms. The lowest BCUT2D eigenvalue weighted by Crippen LogP contribution is -2.83. The van der Waals surface area contributed by atoms with Gasteiger partial charge in [-0.05, 0) is 25.1 Å². The van der Waals surface area contributed by atoms with Crippen molar-refractivity contribution in [3.63, 3.8) is 0 Å². The molecule has 0 nitrogen and oxygen atoms in total. The van der Waals surface area contributed by atoms with Gasteiger partial charge in [0.15, 0.2) is 0 Å². The third kappa shape index (κ3) is 3.32. The first-order valence-corrected chi connectivity index (χ1v) is 24.3. The highest BCUT2D eigenvalue weighted by Crippen LogP contribution is 2.40. The van der Waals surface area contributed by atoms with Gasteiger partial charge in [0.1, 0.15) is 0 Å². The molecule has 0 aliphatic carbocycles. The summed E-state index contributed by atoms with van der Waals surface area (Å²) >= 11 is 2.06. The van der Waals surface area contributed by atoms with Crippen LogP contribution in [0.1, 0.15) is 9.75 Å². The minimum absolute atomic E-state index is 1.11. The van der Waals surface area contributed by atoms with Crippen molar-refractivity contribution in [1.82, 2.24) is 0 Å². The molecule has 0 fully saturated rings. The van der Waals surface area contributed by atoms with E-state index in [0.29, 0.717) is 0 Å². The number of hydrogen-bond donors (Lipinski definition) is 0. The topological polar surface area (TPSA) is 0 Å². The Balaban J connectivity index is 3.47. The van der Waals surface area contributed by atoms with E-state index in [1.165, 1.54) is 10.9 Å². The Bertz CT molecular complexity index is 421. The van der Waals surface area contributed by atoms with Gasteiger partial charge in [-0.15, -0.1) is 11.3 Å². The standard InChI is InChI=1S/C15H34SSi4/c1-14-11-12-15(16-14)13-20(17(2,3)4,18(5,6)7)19(8,9)10/h11-12H,13H2,1-10H3. The van der Waals surface area contributed by atoms with Gasteiger partial charge >= 0.3 is 0 Å². The van der Waals surface area contributed by atoms with Crippen LogP contribution in [0.15, 0.2) is 12.1 Å². The monoisotopic (exact) mass is 358 g/mol. The summed E-state index contributed by atoms with van der Waals surface area (Å²) in [6.45, 7) is 25.3. The fraction of sp³-hybridized carbons (Fsp3) is 0.733. The summed E-state index contributed by atoms with van der Waals surface area (Å²) in [5.41, 5.74) is 0. The molecule has 5 heteroatoms. The van der Waals surface area contributed by atoms with Gasteiger partial charge in [-0.25, -0.2) is 0 Å². The van der Waals surface area contributed by atoms with Gasteiger partial charge in [-0.3, -0.25) is 0 Å². The Morgan fingerprint density at radius 1 is 0.750 bits per heavy atom. The zero-order chi connectivity index (χ0) is 16.0. The first-order valence-electron chi connectivity index (χ1n) is 7.78. The van der Waals surface area contributed by atoms with Crippen molar-refractivity contribution >= 4 is 40.7 Å². The Labute approximate surface area is 134 Å². The van der Waals surface area contributed by atoms with Crippen LogP contribution >= 0.6 is 11.3 Å².